The summed E-state index contributed by atoms with van der Waals surface area (Å²) in [6.07, 6.45) is 0. The normalized spacial score (nSPS) is 10.7. The number of esters is 2. The van der Waals surface area contributed by atoms with Crippen molar-refractivity contribution in [1.29, 1.82) is 0 Å². The zero-order valence-electron chi connectivity index (χ0n) is 26.4. The molecule has 244 valence electrons. The van der Waals surface area contributed by atoms with E-state index in [2.05, 4.69) is 0 Å². The molecule has 6 aromatic rings. The molecular formula is C38H33ClN2O7. The average molecular weight is 665 g/mol. The minimum Gasteiger partial charge on any atom is -0.506 e. The fourth-order valence-electron chi connectivity index (χ4n) is 5.37. The second-order valence-electron chi connectivity index (χ2n) is 10.6. The topological polar surface area (TPSA) is 117 Å². The Morgan fingerprint density at radius 2 is 1.00 bits per heavy atom. The molecule has 0 radical (unpaired) electrons. The van der Waals surface area contributed by atoms with Crippen LogP contribution in [0.15, 0.2) is 119 Å². The molecule has 0 saturated heterocycles. The molecule has 0 aliphatic rings. The standard InChI is InChI=1S/C19H16ClNO3.C19H17NO4/c1-2-24-19(23)16-17(20)14-10-6-7-11-15(14)21(18(16)22)12-13-8-4-3-5-9-13;1-2-24-19(23)16-17(21)14-10-6-7-11-15(14)20(18(16)22)12-13-8-4-3-5-9-13/h3-11H,2,12H2,1H3;3-11,21H,2,12H2,1H3. The number of carbonyl (C=O) groups excluding carboxylic acids is 2. The van der Waals surface area contributed by atoms with Crippen LogP contribution in [0.4, 0.5) is 0 Å². The SMILES string of the molecule is CCOC(=O)c1c(Cl)c2ccccc2n(Cc2ccccc2)c1=O.CCOC(=O)c1c(O)c2ccccc2n(Cc2ccccc2)c1=O. The van der Waals surface area contributed by atoms with Crippen molar-refractivity contribution in [2.45, 2.75) is 26.9 Å². The molecule has 6 rings (SSSR count). The van der Waals surface area contributed by atoms with Crippen LogP contribution in [0.3, 0.4) is 0 Å². The summed E-state index contributed by atoms with van der Waals surface area (Å²) in [5.41, 5.74) is 1.68. The van der Waals surface area contributed by atoms with Gasteiger partial charge in [0, 0.05) is 10.8 Å². The number of nitrogens with zero attached hydrogens (tertiary/aromatic N) is 2. The van der Waals surface area contributed by atoms with E-state index in [-0.39, 0.29) is 35.1 Å². The van der Waals surface area contributed by atoms with E-state index in [1.807, 2.05) is 78.9 Å². The molecule has 0 aliphatic heterocycles. The molecule has 9 nitrogen and oxygen atoms in total. The number of rotatable bonds is 8. The predicted octanol–water partition coefficient (Wildman–Crippen LogP) is 6.81. The number of halogens is 1. The number of fused-ring (bicyclic) bond motifs is 2. The number of hydrogen-bond acceptors (Lipinski definition) is 7. The van der Waals surface area contributed by atoms with Gasteiger partial charge in [0.2, 0.25) is 0 Å². The Morgan fingerprint density at radius 1 is 0.604 bits per heavy atom. The van der Waals surface area contributed by atoms with Crippen LogP contribution < -0.4 is 11.1 Å². The highest BCUT2D eigenvalue weighted by Gasteiger charge is 2.24. The number of benzene rings is 4. The third-order valence-corrected chi connectivity index (χ3v) is 7.97. The maximum Gasteiger partial charge on any atom is 0.347 e. The summed E-state index contributed by atoms with van der Waals surface area (Å²) in [4.78, 5) is 50.1. The number of hydrogen-bond donors (Lipinski definition) is 1. The van der Waals surface area contributed by atoms with Crippen LogP contribution in [0.25, 0.3) is 21.8 Å². The number of aromatic hydroxyl groups is 1. The molecule has 0 bridgehead atoms. The zero-order chi connectivity index (χ0) is 34.2. The smallest absolute Gasteiger partial charge is 0.347 e. The molecule has 0 fully saturated rings. The third-order valence-electron chi connectivity index (χ3n) is 7.58. The van der Waals surface area contributed by atoms with Crippen LogP contribution in [-0.2, 0) is 22.6 Å². The fourth-order valence-corrected chi connectivity index (χ4v) is 5.69. The van der Waals surface area contributed by atoms with Crippen LogP contribution in [-0.4, -0.2) is 39.4 Å². The molecule has 2 aromatic heterocycles. The minimum atomic E-state index is -0.812. The van der Waals surface area contributed by atoms with Gasteiger partial charge in [-0.05, 0) is 43.2 Å². The lowest BCUT2D eigenvalue weighted by Crippen LogP contribution is -2.28. The second-order valence-corrected chi connectivity index (χ2v) is 11.0. The molecule has 10 heteroatoms. The maximum absolute atomic E-state index is 12.9. The van der Waals surface area contributed by atoms with Gasteiger partial charge in [-0.25, -0.2) is 9.59 Å². The van der Waals surface area contributed by atoms with Gasteiger partial charge < -0.3 is 23.7 Å². The summed E-state index contributed by atoms with van der Waals surface area (Å²) in [6.45, 7) is 4.30. The van der Waals surface area contributed by atoms with Crippen LogP contribution >= 0.6 is 11.6 Å². The summed E-state index contributed by atoms with van der Waals surface area (Å²) in [7, 11) is 0. The lowest BCUT2D eigenvalue weighted by Gasteiger charge is -2.14. The zero-order valence-corrected chi connectivity index (χ0v) is 27.1. The van der Waals surface area contributed by atoms with Crippen LogP contribution in [0, 0.1) is 0 Å². The summed E-state index contributed by atoms with van der Waals surface area (Å²) in [6, 6.07) is 33.3. The quantitative estimate of drug-likeness (QED) is 0.178. The molecule has 48 heavy (non-hydrogen) atoms. The van der Waals surface area contributed by atoms with E-state index in [9.17, 15) is 24.3 Å². The van der Waals surface area contributed by atoms with Crippen molar-refractivity contribution in [2.75, 3.05) is 13.2 Å². The van der Waals surface area contributed by atoms with Crippen molar-refractivity contribution in [1.82, 2.24) is 9.13 Å². The number of para-hydroxylation sites is 2. The van der Waals surface area contributed by atoms with E-state index in [0.717, 1.165) is 11.1 Å². The van der Waals surface area contributed by atoms with Gasteiger partial charge in [0.05, 0.1) is 42.4 Å². The number of carbonyl (C=O) groups is 2. The minimum absolute atomic E-state index is 0.117. The Balaban J connectivity index is 0.000000188. The fraction of sp³-hybridized carbons (Fsp3) is 0.158. The Kier molecular flexibility index (Phi) is 10.7. The second kappa shape index (κ2) is 15.3. The molecule has 0 unspecified atom stereocenters. The Hall–Kier alpha value is -5.67. The highest BCUT2D eigenvalue weighted by Crippen LogP contribution is 2.28. The number of pyridine rings is 2. The summed E-state index contributed by atoms with van der Waals surface area (Å²) in [5, 5.41) is 11.6. The van der Waals surface area contributed by atoms with E-state index in [1.165, 1.54) is 4.57 Å². The van der Waals surface area contributed by atoms with Gasteiger partial charge in [0.25, 0.3) is 11.1 Å². The van der Waals surface area contributed by atoms with Crippen LogP contribution in [0.5, 0.6) is 5.75 Å². The van der Waals surface area contributed by atoms with E-state index < -0.39 is 23.1 Å². The predicted molar refractivity (Wildman–Crippen MR) is 186 cm³/mol. The Bertz CT molecular complexity index is 2050. The Labute approximate surface area is 281 Å². The molecule has 1 N–H and O–H groups in total. The van der Waals surface area contributed by atoms with Crippen molar-refractivity contribution in [3.05, 3.63) is 157 Å². The van der Waals surface area contributed by atoms with Crippen molar-refractivity contribution in [3.63, 3.8) is 0 Å². The lowest BCUT2D eigenvalue weighted by atomic mass is 10.1. The van der Waals surface area contributed by atoms with E-state index in [0.29, 0.717) is 34.9 Å². The maximum atomic E-state index is 12.9. The first kappa shape index (κ1) is 33.7. The summed E-state index contributed by atoms with van der Waals surface area (Å²) < 4.78 is 13.0. The third kappa shape index (κ3) is 7.01. The molecular weight excluding hydrogens is 632 g/mol. The number of aromatic nitrogens is 2. The van der Waals surface area contributed by atoms with E-state index in [4.69, 9.17) is 21.1 Å². The van der Waals surface area contributed by atoms with Gasteiger partial charge in [-0.3, -0.25) is 9.59 Å². The van der Waals surface area contributed by atoms with Gasteiger partial charge in [-0.2, -0.15) is 0 Å². The van der Waals surface area contributed by atoms with E-state index >= 15 is 0 Å². The monoisotopic (exact) mass is 664 g/mol. The molecule has 0 saturated carbocycles. The van der Waals surface area contributed by atoms with Gasteiger partial charge in [0.1, 0.15) is 11.3 Å². The molecule has 2 heterocycles. The first-order valence-electron chi connectivity index (χ1n) is 15.3. The Morgan fingerprint density at radius 3 is 1.50 bits per heavy atom. The van der Waals surface area contributed by atoms with Crippen molar-refractivity contribution in [2.24, 2.45) is 0 Å². The van der Waals surface area contributed by atoms with Gasteiger partial charge in [-0.1, -0.05) is 103 Å². The molecule has 0 amide bonds. The van der Waals surface area contributed by atoms with Crippen LogP contribution in [0.2, 0.25) is 5.02 Å². The summed E-state index contributed by atoms with van der Waals surface area (Å²) >= 11 is 6.34. The van der Waals surface area contributed by atoms with Crippen LogP contribution in [0.1, 0.15) is 45.7 Å². The molecule has 0 spiro atoms. The van der Waals surface area contributed by atoms with Crippen molar-refractivity contribution >= 4 is 45.3 Å². The van der Waals surface area contributed by atoms with Gasteiger partial charge in [-0.15, -0.1) is 0 Å². The van der Waals surface area contributed by atoms with Gasteiger partial charge >= 0.3 is 11.9 Å². The molecule has 0 atom stereocenters. The number of ether oxygens (including phenoxy) is 2. The first-order valence-corrected chi connectivity index (χ1v) is 15.7. The lowest BCUT2D eigenvalue weighted by molar-refractivity contribution is 0.0512. The summed E-state index contributed by atoms with van der Waals surface area (Å²) in [5.74, 6) is -1.84. The highest BCUT2D eigenvalue weighted by atomic mass is 35.5. The first-order chi connectivity index (χ1) is 23.3. The molecule has 0 aliphatic carbocycles. The highest BCUT2D eigenvalue weighted by molar-refractivity contribution is 6.38. The average Bonchev–Trinajstić information content (AvgIpc) is 3.10. The molecule has 4 aromatic carbocycles. The largest absolute Gasteiger partial charge is 0.506 e. The van der Waals surface area contributed by atoms with E-state index in [1.54, 1.807) is 48.7 Å². The van der Waals surface area contributed by atoms with Crippen molar-refractivity contribution in [3.8, 4) is 5.75 Å². The van der Waals surface area contributed by atoms with Crippen molar-refractivity contribution < 1.29 is 24.2 Å². The van der Waals surface area contributed by atoms with Gasteiger partial charge in [0.15, 0.2) is 5.56 Å².